The third-order valence-corrected chi connectivity index (χ3v) is 3.76. The number of hydrogen-bond donors (Lipinski definition) is 1. The van der Waals surface area contributed by atoms with Gasteiger partial charge in [0.25, 0.3) is 0 Å². The van der Waals surface area contributed by atoms with Gasteiger partial charge in [-0.3, -0.25) is 0 Å². The van der Waals surface area contributed by atoms with Crippen molar-refractivity contribution in [3.63, 3.8) is 0 Å². The van der Waals surface area contributed by atoms with Gasteiger partial charge in [-0.05, 0) is 56.4 Å². The Hall–Kier alpha value is -0.670. The van der Waals surface area contributed by atoms with Crippen LogP contribution in [0.25, 0.3) is 0 Å². The molecule has 0 saturated carbocycles. The fourth-order valence-electron chi connectivity index (χ4n) is 1.80. The topological polar surface area (TPSA) is 21.3 Å². The summed E-state index contributed by atoms with van der Waals surface area (Å²) >= 11 is 2.01. The monoisotopic (exact) mass is 281 g/mol. The van der Waals surface area contributed by atoms with Gasteiger partial charge in [0.15, 0.2) is 0 Å². The zero-order valence-electron chi connectivity index (χ0n) is 12.6. The van der Waals surface area contributed by atoms with Crippen LogP contribution < -0.4 is 10.1 Å². The largest absolute Gasteiger partial charge is 0.491 e. The molecular formula is C16H27NOS. The van der Waals surface area contributed by atoms with Crippen LogP contribution in [0.4, 0.5) is 0 Å². The maximum atomic E-state index is 5.71. The number of thioether (sulfide) groups is 1. The summed E-state index contributed by atoms with van der Waals surface area (Å²) in [6.45, 7) is 9.48. The van der Waals surface area contributed by atoms with E-state index in [0.717, 1.165) is 12.3 Å². The van der Waals surface area contributed by atoms with Crippen molar-refractivity contribution >= 4 is 11.8 Å². The molecule has 1 aromatic carbocycles. The average molecular weight is 281 g/mol. The Labute approximate surface area is 122 Å². The first-order valence-electron chi connectivity index (χ1n) is 7.18. The molecule has 1 aromatic rings. The first kappa shape index (κ1) is 16.4. The number of ether oxygens (including phenoxy) is 1. The summed E-state index contributed by atoms with van der Waals surface area (Å²) in [5, 5.41) is 3.57. The highest BCUT2D eigenvalue weighted by atomic mass is 32.2. The van der Waals surface area contributed by atoms with Crippen molar-refractivity contribution in [3.8, 4) is 5.75 Å². The number of benzene rings is 1. The fourth-order valence-corrected chi connectivity index (χ4v) is 2.61. The smallest absolute Gasteiger partial charge is 0.120 e. The number of nitrogens with one attached hydrogen (secondary N) is 1. The third-order valence-electron chi connectivity index (χ3n) is 2.82. The molecule has 0 aromatic heterocycles. The van der Waals surface area contributed by atoms with Gasteiger partial charge in [-0.1, -0.05) is 19.1 Å². The molecule has 1 atom stereocenters. The Balaban J connectivity index is 2.35. The highest BCUT2D eigenvalue weighted by Gasteiger charge is 2.03. The van der Waals surface area contributed by atoms with Crippen LogP contribution in [0.1, 0.15) is 39.7 Å². The average Bonchev–Trinajstić information content (AvgIpc) is 2.36. The number of rotatable bonds is 9. The predicted molar refractivity (Wildman–Crippen MR) is 86.1 cm³/mol. The van der Waals surface area contributed by atoms with Gasteiger partial charge in [-0.15, -0.1) is 0 Å². The van der Waals surface area contributed by atoms with E-state index >= 15 is 0 Å². The molecule has 0 fully saturated rings. The van der Waals surface area contributed by atoms with Gasteiger partial charge in [0.1, 0.15) is 5.75 Å². The van der Waals surface area contributed by atoms with Crippen LogP contribution >= 0.6 is 11.8 Å². The molecule has 0 aliphatic rings. The molecule has 0 radical (unpaired) electrons. The molecule has 0 amide bonds. The van der Waals surface area contributed by atoms with E-state index in [1.807, 2.05) is 17.8 Å². The van der Waals surface area contributed by atoms with E-state index in [2.05, 4.69) is 51.2 Å². The van der Waals surface area contributed by atoms with Crippen LogP contribution in [-0.4, -0.2) is 23.7 Å². The standard InChI is InChI=1S/C16H27NOS/c1-5-19-10-9-14(4)17-12-15-7-6-8-16(11-15)18-13(2)3/h6-8,11,13-14,17H,5,9-10,12H2,1-4H3. The Morgan fingerprint density at radius 2 is 2.05 bits per heavy atom. The lowest BCUT2D eigenvalue weighted by Crippen LogP contribution is -2.26. The van der Waals surface area contributed by atoms with Gasteiger partial charge >= 0.3 is 0 Å². The minimum absolute atomic E-state index is 0.230. The van der Waals surface area contributed by atoms with Gasteiger partial charge in [-0.2, -0.15) is 11.8 Å². The molecular weight excluding hydrogens is 254 g/mol. The molecule has 1 unspecified atom stereocenters. The molecule has 0 heterocycles. The lowest BCUT2D eigenvalue weighted by Gasteiger charge is -2.15. The van der Waals surface area contributed by atoms with Gasteiger partial charge in [-0.25, -0.2) is 0 Å². The summed E-state index contributed by atoms with van der Waals surface area (Å²) in [6.07, 6.45) is 1.45. The molecule has 0 aliphatic carbocycles. The normalized spacial score (nSPS) is 12.7. The highest BCUT2D eigenvalue weighted by molar-refractivity contribution is 7.99. The molecule has 0 bridgehead atoms. The van der Waals surface area contributed by atoms with Crippen molar-refractivity contribution in [1.29, 1.82) is 0 Å². The van der Waals surface area contributed by atoms with Crippen LogP contribution in [0.15, 0.2) is 24.3 Å². The summed E-state index contributed by atoms with van der Waals surface area (Å²) in [5.41, 5.74) is 1.29. The summed E-state index contributed by atoms with van der Waals surface area (Å²) < 4.78 is 5.71. The van der Waals surface area contributed by atoms with Crippen LogP contribution in [-0.2, 0) is 6.54 Å². The van der Waals surface area contributed by atoms with Crippen molar-refractivity contribution in [3.05, 3.63) is 29.8 Å². The van der Waals surface area contributed by atoms with Crippen molar-refractivity contribution in [2.24, 2.45) is 0 Å². The molecule has 2 nitrogen and oxygen atoms in total. The van der Waals surface area contributed by atoms with Crippen molar-refractivity contribution in [2.75, 3.05) is 11.5 Å². The Bertz CT molecular complexity index is 354. The molecule has 108 valence electrons. The SMILES string of the molecule is CCSCCC(C)NCc1cccc(OC(C)C)c1. The van der Waals surface area contributed by atoms with Gasteiger partial charge in [0, 0.05) is 12.6 Å². The quantitative estimate of drug-likeness (QED) is 0.689. The van der Waals surface area contributed by atoms with E-state index in [-0.39, 0.29) is 6.10 Å². The van der Waals surface area contributed by atoms with Crippen LogP contribution in [0.5, 0.6) is 5.75 Å². The molecule has 0 aliphatic heterocycles. The second-order valence-electron chi connectivity index (χ2n) is 5.08. The Kier molecular flexibility index (Phi) is 7.99. The highest BCUT2D eigenvalue weighted by Crippen LogP contribution is 2.15. The molecule has 19 heavy (non-hydrogen) atoms. The van der Waals surface area contributed by atoms with E-state index in [1.165, 1.54) is 23.5 Å². The minimum Gasteiger partial charge on any atom is -0.491 e. The third kappa shape index (κ3) is 7.48. The maximum Gasteiger partial charge on any atom is 0.120 e. The van der Waals surface area contributed by atoms with Gasteiger partial charge in [0.2, 0.25) is 0 Å². The summed E-state index contributed by atoms with van der Waals surface area (Å²) in [5.74, 6) is 3.41. The first-order chi connectivity index (χ1) is 9.11. The van der Waals surface area contributed by atoms with Crippen LogP contribution in [0.3, 0.4) is 0 Å². The van der Waals surface area contributed by atoms with Gasteiger partial charge in [0.05, 0.1) is 6.10 Å². The van der Waals surface area contributed by atoms with Crippen LogP contribution in [0.2, 0.25) is 0 Å². The van der Waals surface area contributed by atoms with Gasteiger partial charge < -0.3 is 10.1 Å². The zero-order chi connectivity index (χ0) is 14.1. The second kappa shape index (κ2) is 9.27. The molecule has 0 spiro atoms. The second-order valence-corrected chi connectivity index (χ2v) is 6.48. The van der Waals surface area contributed by atoms with Crippen molar-refractivity contribution < 1.29 is 4.74 Å². The van der Waals surface area contributed by atoms with Crippen molar-refractivity contribution in [1.82, 2.24) is 5.32 Å². The Morgan fingerprint density at radius 1 is 1.26 bits per heavy atom. The number of hydrogen-bond acceptors (Lipinski definition) is 3. The predicted octanol–water partition coefficient (Wildman–Crippen LogP) is 4.10. The summed E-state index contributed by atoms with van der Waals surface area (Å²) in [7, 11) is 0. The van der Waals surface area contributed by atoms with E-state index in [0.29, 0.717) is 6.04 Å². The summed E-state index contributed by atoms with van der Waals surface area (Å²) in [6, 6.07) is 8.92. The van der Waals surface area contributed by atoms with E-state index in [4.69, 9.17) is 4.74 Å². The fraction of sp³-hybridized carbons (Fsp3) is 0.625. The molecule has 3 heteroatoms. The zero-order valence-corrected chi connectivity index (χ0v) is 13.4. The Morgan fingerprint density at radius 3 is 2.74 bits per heavy atom. The lowest BCUT2D eigenvalue weighted by molar-refractivity contribution is 0.242. The van der Waals surface area contributed by atoms with Crippen molar-refractivity contribution in [2.45, 2.75) is 52.8 Å². The summed E-state index contributed by atoms with van der Waals surface area (Å²) in [4.78, 5) is 0. The van der Waals surface area contributed by atoms with Crippen LogP contribution in [0, 0.1) is 0 Å². The molecule has 1 rings (SSSR count). The molecule has 0 saturated heterocycles. The van der Waals surface area contributed by atoms with E-state index in [1.54, 1.807) is 0 Å². The first-order valence-corrected chi connectivity index (χ1v) is 8.34. The van der Waals surface area contributed by atoms with E-state index in [9.17, 15) is 0 Å². The maximum absolute atomic E-state index is 5.71. The lowest BCUT2D eigenvalue weighted by atomic mass is 10.2. The molecule has 1 N–H and O–H groups in total. The van der Waals surface area contributed by atoms with E-state index < -0.39 is 0 Å². The minimum atomic E-state index is 0.230.